The number of hydrogen-bond donors (Lipinski definition) is 1. The van der Waals surface area contributed by atoms with Crippen molar-refractivity contribution >= 4 is 5.82 Å². The minimum atomic E-state index is 0.651. The van der Waals surface area contributed by atoms with Crippen molar-refractivity contribution in [2.24, 2.45) is 0 Å². The van der Waals surface area contributed by atoms with Gasteiger partial charge in [0.05, 0.1) is 20.4 Å². The Morgan fingerprint density at radius 1 is 1.11 bits per heavy atom. The molecule has 0 unspecified atom stereocenters. The third-order valence-corrected chi connectivity index (χ3v) is 2.71. The van der Waals surface area contributed by atoms with Gasteiger partial charge in [0.25, 0.3) is 0 Å². The lowest BCUT2D eigenvalue weighted by atomic mass is 10.2. The molecule has 0 fully saturated rings. The van der Waals surface area contributed by atoms with Crippen LogP contribution in [-0.2, 0) is 6.54 Å². The summed E-state index contributed by atoms with van der Waals surface area (Å²) in [4.78, 5) is 0. The molecule has 0 aliphatic rings. The highest BCUT2D eigenvalue weighted by atomic mass is 16.5. The van der Waals surface area contributed by atoms with E-state index in [9.17, 15) is 0 Å². The molecule has 0 atom stereocenters. The summed E-state index contributed by atoms with van der Waals surface area (Å²) in [6.45, 7) is 2.63. The van der Waals surface area contributed by atoms with Crippen molar-refractivity contribution in [1.29, 1.82) is 0 Å². The lowest BCUT2D eigenvalue weighted by Crippen LogP contribution is -2.03. The van der Waals surface area contributed by atoms with Crippen molar-refractivity contribution in [3.8, 4) is 11.5 Å². The molecular formula is C14H17N3O2. The predicted molar refractivity (Wildman–Crippen MR) is 73.6 cm³/mol. The SMILES string of the molecule is COc1ccc(CNc2cc(C)cnn2)cc1OC. The van der Waals surface area contributed by atoms with Crippen molar-refractivity contribution in [3.05, 3.63) is 41.6 Å². The van der Waals surface area contributed by atoms with Crippen molar-refractivity contribution in [2.75, 3.05) is 19.5 Å². The fraction of sp³-hybridized carbons (Fsp3) is 0.286. The zero-order valence-corrected chi connectivity index (χ0v) is 11.3. The van der Waals surface area contributed by atoms with Crippen molar-refractivity contribution in [2.45, 2.75) is 13.5 Å². The molecule has 0 saturated carbocycles. The highest BCUT2D eigenvalue weighted by Crippen LogP contribution is 2.27. The van der Waals surface area contributed by atoms with Crippen LogP contribution in [0, 0.1) is 6.92 Å². The number of aromatic nitrogens is 2. The van der Waals surface area contributed by atoms with E-state index in [1.165, 1.54) is 0 Å². The quantitative estimate of drug-likeness (QED) is 0.893. The zero-order valence-electron chi connectivity index (χ0n) is 11.3. The average molecular weight is 259 g/mol. The number of aryl methyl sites for hydroxylation is 1. The van der Waals surface area contributed by atoms with Gasteiger partial charge in [-0.2, -0.15) is 5.10 Å². The van der Waals surface area contributed by atoms with Crippen LogP contribution in [0.1, 0.15) is 11.1 Å². The van der Waals surface area contributed by atoms with Crippen LogP contribution in [0.4, 0.5) is 5.82 Å². The van der Waals surface area contributed by atoms with Crippen molar-refractivity contribution in [3.63, 3.8) is 0 Å². The van der Waals surface area contributed by atoms with E-state index in [0.717, 1.165) is 28.4 Å². The lowest BCUT2D eigenvalue weighted by molar-refractivity contribution is 0.354. The second kappa shape index (κ2) is 6.04. The smallest absolute Gasteiger partial charge is 0.161 e. The normalized spacial score (nSPS) is 10.1. The van der Waals surface area contributed by atoms with E-state index in [1.807, 2.05) is 31.2 Å². The Morgan fingerprint density at radius 2 is 1.89 bits per heavy atom. The maximum absolute atomic E-state index is 5.27. The molecule has 0 saturated heterocycles. The topological polar surface area (TPSA) is 56.3 Å². The summed E-state index contributed by atoms with van der Waals surface area (Å²) in [5, 5.41) is 11.1. The Kier molecular flexibility index (Phi) is 4.18. The average Bonchev–Trinajstić information content (AvgIpc) is 2.45. The van der Waals surface area contributed by atoms with Crippen LogP contribution in [-0.4, -0.2) is 24.4 Å². The first-order valence-electron chi connectivity index (χ1n) is 5.97. The Bertz CT molecular complexity index is 558. The number of anilines is 1. The molecule has 0 bridgehead atoms. The fourth-order valence-corrected chi connectivity index (χ4v) is 1.73. The molecule has 0 radical (unpaired) electrons. The second-order valence-corrected chi connectivity index (χ2v) is 4.16. The van der Waals surface area contributed by atoms with E-state index in [2.05, 4.69) is 15.5 Å². The molecule has 1 heterocycles. The van der Waals surface area contributed by atoms with Gasteiger partial charge >= 0.3 is 0 Å². The molecule has 2 aromatic rings. The summed E-state index contributed by atoms with van der Waals surface area (Å²) in [6.07, 6.45) is 1.72. The maximum Gasteiger partial charge on any atom is 0.161 e. The molecule has 1 N–H and O–H groups in total. The number of methoxy groups -OCH3 is 2. The summed E-state index contributed by atoms with van der Waals surface area (Å²) in [5.41, 5.74) is 2.16. The Labute approximate surface area is 112 Å². The highest BCUT2D eigenvalue weighted by Gasteiger charge is 2.04. The standard InChI is InChI=1S/C14H17N3O2/c1-10-6-14(17-16-8-10)15-9-11-4-5-12(18-2)13(7-11)19-3/h4-8H,9H2,1-3H3,(H,15,17). The van der Waals surface area contributed by atoms with Gasteiger partial charge in [0.15, 0.2) is 11.5 Å². The summed E-state index contributed by atoms with van der Waals surface area (Å²) in [6, 6.07) is 7.76. The van der Waals surface area contributed by atoms with Gasteiger partial charge < -0.3 is 14.8 Å². The van der Waals surface area contributed by atoms with Crippen LogP contribution in [0.15, 0.2) is 30.5 Å². The first-order chi connectivity index (χ1) is 9.22. The highest BCUT2D eigenvalue weighted by molar-refractivity contribution is 5.44. The van der Waals surface area contributed by atoms with Crippen LogP contribution >= 0.6 is 0 Å². The summed E-state index contributed by atoms with van der Waals surface area (Å²) in [5.74, 6) is 2.20. The zero-order chi connectivity index (χ0) is 13.7. The fourth-order valence-electron chi connectivity index (χ4n) is 1.73. The van der Waals surface area contributed by atoms with E-state index in [-0.39, 0.29) is 0 Å². The summed E-state index contributed by atoms with van der Waals surface area (Å²) >= 11 is 0. The van der Waals surface area contributed by atoms with Gasteiger partial charge in [-0.15, -0.1) is 5.10 Å². The van der Waals surface area contributed by atoms with Gasteiger partial charge in [0.1, 0.15) is 5.82 Å². The molecule has 0 amide bonds. The number of nitrogens with one attached hydrogen (secondary N) is 1. The van der Waals surface area contributed by atoms with E-state index in [1.54, 1.807) is 20.4 Å². The van der Waals surface area contributed by atoms with Gasteiger partial charge in [-0.05, 0) is 36.2 Å². The van der Waals surface area contributed by atoms with Gasteiger partial charge in [-0.3, -0.25) is 0 Å². The number of hydrogen-bond acceptors (Lipinski definition) is 5. The molecule has 100 valence electrons. The molecule has 2 rings (SSSR count). The number of rotatable bonds is 5. The molecule has 1 aromatic carbocycles. The molecule has 0 spiro atoms. The van der Waals surface area contributed by atoms with Crippen LogP contribution < -0.4 is 14.8 Å². The van der Waals surface area contributed by atoms with Crippen molar-refractivity contribution in [1.82, 2.24) is 10.2 Å². The van der Waals surface area contributed by atoms with Crippen LogP contribution in [0.5, 0.6) is 11.5 Å². The number of benzene rings is 1. The first-order valence-corrected chi connectivity index (χ1v) is 5.97. The van der Waals surface area contributed by atoms with E-state index >= 15 is 0 Å². The third kappa shape index (κ3) is 3.34. The molecule has 1 aromatic heterocycles. The van der Waals surface area contributed by atoms with Crippen molar-refractivity contribution < 1.29 is 9.47 Å². The minimum Gasteiger partial charge on any atom is -0.493 e. The molecule has 19 heavy (non-hydrogen) atoms. The first kappa shape index (κ1) is 13.1. The van der Waals surface area contributed by atoms with E-state index in [4.69, 9.17) is 9.47 Å². The Balaban J connectivity index is 2.07. The van der Waals surface area contributed by atoms with Gasteiger partial charge in [0, 0.05) is 6.54 Å². The van der Waals surface area contributed by atoms with Crippen LogP contribution in [0.3, 0.4) is 0 Å². The van der Waals surface area contributed by atoms with Crippen LogP contribution in [0.25, 0.3) is 0 Å². The van der Waals surface area contributed by atoms with Gasteiger partial charge in [0.2, 0.25) is 0 Å². The molecule has 0 aliphatic heterocycles. The number of nitrogens with zero attached hydrogens (tertiary/aromatic N) is 2. The van der Waals surface area contributed by atoms with Crippen LogP contribution in [0.2, 0.25) is 0 Å². The summed E-state index contributed by atoms with van der Waals surface area (Å²) in [7, 11) is 3.25. The predicted octanol–water partition coefficient (Wildman–Crippen LogP) is 2.41. The lowest BCUT2D eigenvalue weighted by Gasteiger charge is -2.10. The Hall–Kier alpha value is -2.30. The monoisotopic (exact) mass is 259 g/mol. The summed E-state index contributed by atoms with van der Waals surface area (Å²) < 4.78 is 10.5. The molecule has 5 heteroatoms. The largest absolute Gasteiger partial charge is 0.493 e. The molecule has 0 aliphatic carbocycles. The second-order valence-electron chi connectivity index (χ2n) is 4.16. The molecule has 5 nitrogen and oxygen atoms in total. The van der Waals surface area contributed by atoms with E-state index < -0.39 is 0 Å². The Morgan fingerprint density at radius 3 is 2.58 bits per heavy atom. The van der Waals surface area contributed by atoms with Gasteiger partial charge in [-0.25, -0.2) is 0 Å². The minimum absolute atomic E-state index is 0.651. The molecular weight excluding hydrogens is 242 g/mol. The maximum atomic E-state index is 5.27. The third-order valence-electron chi connectivity index (χ3n) is 2.71. The van der Waals surface area contributed by atoms with E-state index in [0.29, 0.717) is 6.54 Å². The number of ether oxygens (including phenoxy) is 2. The van der Waals surface area contributed by atoms with Gasteiger partial charge in [-0.1, -0.05) is 6.07 Å².